The van der Waals surface area contributed by atoms with Gasteiger partial charge >= 0.3 is 0 Å². The highest BCUT2D eigenvalue weighted by Gasteiger charge is 2.13. The van der Waals surface area contributed by atoms with Gasteiger partial charge in [0.2, 0.25) is 0 Å². The SMILES string of the molecule is Cc1cc(C#N)cc(-c2cc(C#N)cc(N)c2N)c1C. The first-order chi connectivity index (χ1) is 9.47. The van der Waals surface area contributed by atoms with Crippen LogP contribution >= 0.6 is 0 Å². The van der Waals surface area contributed by atoms with Crippen molar-refractivity contribution in [3.8, 4) is 23.3 Å². The molecule has 0 aromatic heterocycles. The van der Waals surface area contributed by atoms with Crippen LogP contribution in [0.15, 0.2) is 24.3 Å². The summed E-state index contributed by atoms with van der Waals surface area (Å²) in [5.41, 5.74) is 17.2. The zero-order chi connectivity index (χ0) is 14.9. The van der Waals surface area contributed by atoms with Crippen LogP contribution in [0, 0.1) is 36.5 Å². The van der Waals surface area contributed by atoms with Gasteiger partial charge in [0.1, 0.15) is 0 Å². The number of hydrogen-bond acceptors (Lipinski definition) is 4. The van der Waals surface area contributed by atoms with E-state index >= 15 is 0 Å². The number of aryl methyl sites for hydroxylation is 1. The van der Waals surface area contributed by atoms with Crippen molar-refractivity contribution in [2.45, 2.75) is 13.8 Å². The van der Waals surface area contributed by atoms with Crippen molar-refractivity contribution in [3.05, 3.63) is 46.5 Å². The highest BCUT2D eigenvalue weighted by atomic mass is 14.7. The molecule has 2 aromatic rings. The molecule has 0 aliphatic heterocycles. The van der Waals surface area contributed by atoms with Gasteiger partial charge in [0, 0.05) is 5.56 Å². The maximum atomic E-state index is 9.09. The van der Waals surface area contributed by atoms with Gasteiger partial charge in [0.15, 0.2) is 0 Å². The highest BCUT2D eigenvalue weighted by Crippen LogP contribution is 2.35. The average Bonchev–Trinajstić information content (AvgIpc) is 2.44. The van der Waals surface area contributed by atoms with Crippen LogP contribution in [0.25, 0.3) is 11.1 Å². The number of hydrogen-bond donors (Lipinski definition) is 2. The highest BCUT2D eigenvalue weighted by molar-refractivity contribution is 5.87. The zero-order valence-corrected chi connectivity index (χ0v) is 11.4. The molecule has 0 heterocycles. The fourth-order valence-electron chi connectivity index (χ4n) is 2.17. The first kappa shape index (κ1) is 13.5. The van der Waals surface area contributed by atoms with Crippen molar-refractivity contribution >= 4 is 11.4 Å². The fraction of sp³-hybridized carbons (Fsp3) is 0.125. The number of nitriles is 2. The Kier molecular flexibility index (Phi) is 3.33. The maximum absolute atomic E-state index is 9.09. The molecule has 2 aromatic carbocycles. The first-order valence-electron chi connectivity index (χ1n) is 6.08. The molecule has 2 rings (SSSR count). The molecule has 4 N–H and O–H groups in total. The van der Waals surface area contributed by atoms with Gasteiger partial charge in [-0.25, -0.2) is 0 Å². The summed E-state index contributed by atoms with van der Waals surface area (Å²) in [5.74, 6) is 0. The minimum atomic E-state index is 0.374. The second-order valence-corrected chi connectivity index (χ2v) is 4.72. The summed E-state index contributed by atoms with van der Waals surface area (Å²) < 4.78 is 0. The predicted molar refractivity (Wildman–Crippen MR) is 79.6 cm³/mol. The van der Waals surface area contributed by atoms with E-state index in [2.05, 4.69) is 12.1 Å². The third kappa shape index (κ3) is 2.15. The molecule has 20 heavy (non-hydrogen) atoms. The molecule has 4 heteroatoms. The predicted octanol–water partition coefficient (Wildman–Crippen LogP) is 2.88. The summed E-state index contributed by atoms with van der Waals surface area (Å²) in [6.07, 6.45) is 0. The zero-order valence-electron chi connectivity index (χ0n) is 11.4. The van der Waals surface area contributed by atoms with E-state index in [-0.39, 0.29) is 0 Å². The van der Waals surface area contributed by atoms with Crippen LogP contribution in [0.4, 0.5) is 11.4 Å². The molecule has 0 aliphatic carbocycles. The monoisotopic (exact) mass is 262 g/mol. The third-order valence-electron chi connectivity index (χ3n) is 3.43. The molecular formula is C16H14N4. The molecule has 0 fully saturated rings. The molecule has 0 radical (unpaired) electrons. The van der Waals surface area contributed by atoms with E-state index in [1.807, 2.05) is 19.9 Å². The Morgan fingerprint density at radius 3 is 2.00 bits per heavy atom. The lowest BCUT2D eigenvalue weighted by molar-refractivity contribution is 1.32. The number of anilines is 2. The molecule has 0 bridgehead atoms. The Balaban J connectivity index is 2.82. The van der Waals surface area contributed by atoms with Gasteiger partial charge in [0.05, 0.1) is 34.6 Å². The molecule has 4 nitrogen and oxygen atoms in total. The van der Waals surface area contributed by atoms with Crippen LogP contribution in [0.1, 0.15) is 22.3 Å². The van der Waals surface area contributed by atoms with Gasteiger partial charge < -0.3 is 11.5 Å². The molecule has 98 valence electrons. The minimum absolute atomic E-state index is 0.374. The Morgan fingerprint density at radius 1 is 0.850 bits per heavy atom. The Labute approximate surface area is 117 Å². The summed E-state index contributed by atoms with van der Waals surface area (Å²) in [4.78, 5) is 0. The lowest BCUT2D eigenvalue weighted by Crippen LogP contribution is -2.00. The second kappa shape index (κ2) is 4.95. The lowest BCUT2D eigenvalue weighted by Gasteiger charge is -2.14. The normalized spacial score (nSPS) is 9.80. The van der Waals surface area contributed by atoms with Crippen molar-refractivity contribution in [2.24, 2.45) is 0 Å². The summed E-state index contributed by atoms with van der Waals surface area (Å²) in [7, 11) is 0. The number of rotatable bonds is 1. The van der Waals surface area contributed by atoms with E-state index in [0.29, 0.717) is 28.1 Å². The van der Waals surface area contributed by atoms with E-state index in [1.165, 1.54) is 0 Å². The van der Waals surface area contributed by atoms with Gasteiger partial charge in [-0.05, 0) is 54.8 Å². The van der Waals surface area contributed by atoms with Crippen molar-refractivity contribution in [1.29, 1.82) is 10.5 Å². The van der Waals surface area contributed by atoms with Crippen molar-refractivity contribution in [3.63, 3.8) is 0 Å². The van der Waals surface area contributed by atoms with Crippen molar-refractivity contribution < 1.29 is 0 Å². The molecule has 0 spiro atoms. The molecule has 0 atom stereocenters. The minimum Gasteiger partial charge on any atom is -0.397 e. The van der Waals surface area contributed by atoms with Gasteiger partial charge in [-0.3, -0.25) is 0 Å². The van der Waals surface area contributed by atoms with Gasteiger partial charge in [-0.15, -0.1) is 0 Å². The standard InChI is InChI=1S/C16H14N4/c1-9-3-11(7-17)4-13(10(9)2)14-5-12(8-18)6-15(19)16(14)20/h3-6H,19-20H2,1-2H3. The summed E-state index contributed by atoms with van der Waals surface area (Å²) in [6.45, 7) is 3.90. The molecule has 0 aliphatic rings. The van der Waals surface area contributed by atoms with E-state index in [0.717, 1.165) is 16.7 Å². The van der Waals surface area contributed by atoms with Crippen LogP contribution < -0.4 is 11.5 Å². The van der Waals surface area contributed by atoms with Crippen LogP contribution in [0.3, 0.4) is 0 Å². The first-order valence-corrected chi connectivity index (χ1v) is 6.08. The Bertz CT molecular complexity index is 709. The van der Waals surface area contributed by atoms with Crippen LogP contribution in [-0.4, -0.2) is 0 Å². The van der Waals surface area contributed by atoms with Crippen molar-refractivity contribution in [1.82, 2.24) is 0 Å². The topological polar surface area (TPSA) is 99.6 Å². The second-order valence-electron chi connectivity index (χ2n) is 4.72. The van der Waals surface area contributed by atoms with E-state index < -0.39 is 0 Å². The number of nitrogens with zero attached hydrogens (tertiary/aromatic N) is 2. The van der Waals surface area contributed by atoms with E-state index in [1.54, 1.807) is 18.2 Å². The quantitative estimate of drug-likeness (QED) is 0.772. The lowest BCUT2D eigenvalue weighted by atomic mass is 9.92. The maximum Gasteiger partial charge on any atom is 0.0992 e. The Morgan fingerprint density at radius 2 is 1.40 bits per heavy atom. The summed E-state index contributed by atoms with van der Waals surface area (Å²) in [6, 6.07) is 11.1. The number of benzene rings is 2. The Hall–Kier alpha value is -2.98. The van der Waals surface area contributed by atoms with Crippen LogP contribution in [-0.2, 0) is 0 Å². The number of nitrogen functional groups attached to an aromatic ring is 2. The van der Waals surface area contributed by atoms with E-state index in [4.69, 9.17) is 22.0 Å². The van der Waals surface area contributed by atoms with Crippen molar-refractivity contribution in [2.75, 3.05) is 11.5 Å². The molecule has 0 unspecified atom stereocenters. The van der Waals surface area contributed by atoms with Gasteiger partial charge in [-0.1, -0.05) is 0 Å². The van der Waals surface area contributed by atoms with Gasteiger partial charge in [-0.2, -0.15) is 10.5 Å². The van der Waals surface area contributed by atoms with Crippen LogP contribution in [0.5, 0.6) is 0 Å². The molecule has 0 amide bonds. The molecule has 0 saturated carbocycles. The van der Waals surface area contributed by atoms with E-state index in [9.17, 15) is 0 Å². The largest absolute Gasteiger partial charge is 0.397 e. The molecular weight excluding hydrogens is 248 g/mol. The summed E-state index contributed by atoms with van der Waals surface area (Å²) in [5, 5.41) is 18.1. The number of nitrogens with two attached hydrogens (primary N) is 2. The molecule has 0 saturated heterocycles. The third-order valence-corrected chi connectivity index (χ3v) is 3.43. The van der Waals surface area contributed by atoms with Crippen LogP contribution in [0.2, 0.25) is 0 Å². The fourth-order valence-corrected chi connectivity index (χ4v) is 2.17. The van der Waals surface area contributed by atoms with Gasteiger partial charge in [0.25, 0.3) is 0 Å². The average molecular weight is 262 g/mol. The smallest absolute Gasteiger partial charge is 0.0992 e. The summed E-state index contributed by atoms with van der Waals surface area (Å²) >= 11 is 0.